The average Bonchev–Trinajstić information content (AvgIpc) is 3.43. The third kappa shape index (κ3) is 5.70. The summed E-state index contributed by atoms with van der Waals surface area (Å²) in [6.45, 7) is 8.69. The van der Waals surface area contributed by atoms with E-state index in [1.807, 2.05) is 37.3 Å². The number of nitriles is 1. The minimum Gasteiger partial charge on any atom is -0.488 e. The molecule has 0 amide bonds. The Morgan fingerprint density at radius 1 is 1.11 bits per heavy atom. The molecule has 0 N–H and O–H groups in total. The second-order valence-electron chi connectivity index (χ2n) is 8.91. The van der Waals surface area contributed by atoms with Gasteiger partial charge in [-0.15, -0.1) is 0 Å². The smallest absolute Gasteiger partial charge is 0.154 e. The molecule has 0 unspecified atom stereocenters. The lowest BCUT2D eigenvalue weighted by Gasteiger charge is -2.18. The molecule has 0 bridgehead atoms. The van der Waals surface area contributed by atoms with Crippen LogP contribution in [0, 0.1) is 11.3 Å². The van der Waals surface area contributed by atoms with Gasteiger partial charge in [-0.25, -0.2) is 0 Å². The first-order valence-electron chi connectivity index (χ1n) is 12.4. The summed E-state index contributed by atoms with van der Waals surface area (Å²) in [7, 11) is 0. The molecule has 1 aromatic heterocycles. The van der Waals surface area contributed by atoms with E-state index in [1.54, 1.807) is 12.3 Å². The van der Waals surface area contributed by atoms with Crippen LogP contribution in [0.5, 0.6) is 11.5 Å². The van der Waals surface area contributed by atoms with Crippen LogP contribution < -0.4 is 9.47 Å². The van der Waals surface area contributed by atoms with E-state index in [1.165, 1.54) is 6.20 Å². The van der Waals surface area contributed by atoms with Crippen LogP contribution in [0.3, 0.4) is 0 Å². The fourth-order valence-corrected chi connectivity index (χ4v) is 4.78. The summed E-state index contributed by atoms with van der Waals surface area (Å²) < 4.78 is 12.4. The molecule has 1 heterocycles. The van der Waals surface area contributed by atoms with E-state index in [0.29, 0.717) is 23.5 Å². The number of fused-ring (bicyclic) bond motifs is 1. The SMILES string of the molecule is C=C/C(COc1cc(OCc2cncc(C#N)c2)c(C=O)c2c1CCC2)=C(C)\C(=C/C)c1ccccc1. The zero-order valence-electron chi connectivity index (χ0n) is 21.3. The van der Waals surface area contributed by atoms with Gasteiger partial charge >= 0.3 is 0 Å². The molecule has 37 heavy (non-hydrogen) atoms. The number of hydrogen-bond acceptors (Lipinski definition) is 5. The summed E-state index contributed by atoms with van der Waals surface area (Å²) >= 11 is 0. The Balaban J connectivity index is 1.62. The summed E-state index contributed by atoms with van der Waals surface area (Å²) in [6.07, 6.45) is 10.6. The third-order valence-electron chi connectivity index (χ3n) is 6.69. The Kier molecular flexibility index (Phi) is 8.33. The van der Waals surface area contributed by atoms with Gasteiger partial charge in [0.05, 0.1) is 11.1 Å². The third-order valence-corrected chi connectivity index (χ3v) is 6.69. The maximum atomic E-state index is 12.1. The highest BCUT2D eigenvalue weighted by atomic mass is 16.5. The molecule has 0 aliphatic heterocycles. The standard InChI is InChI=1S/C32H30N2O3/c1-4-25(22(3)27(5-2)26-10-7-6-8-11-26)21-37-31-15-32(30(19-35)28-12-9-13-29(28)31)36-20-24-14-23(16-33)17-34-18-24/h4-8,10-11,14-15,17-19H,1,9,12-13,20-21H2,2-3H3/b25-22+,27-5+. The Morgan fingerprint density at radius 2 is 1.89 bits per heavy atom. The molecule has 2 aromatic carbocycles. The Morgan fingerprint density at radius 3 is 2.59 bits per heavy atom. The Labute approximate surface area is 218 Å². The topological polar surface area (TPSA) is 72.2 Å². The van der Waals surface area contributed by atoms with Gasteiger partial charge in [-0.3, -0.25) is 9.78 Å². The van der Waals surface area contributed by atoms with Gasteiger partial charge in [0.1, 0.15) is 30.8 Å². The van der Waals surface area contributed by atoms with Crippen LogP contribution >= 0.6 is 0 Å². The lowest BCUT2D eigenvalue weighted by Crippen LogP contribution is -2.07. The first-order valence-corrected chi connectivity index (χ1v) is 12.4. The summed E-state index contributed by atoms with van der Waals surface area (Å²) in [5.41, 5.74) is 8.22. The van der Waals surface area contributed by atoms with E-state index >= 15 is 0 Å². The van der Waals surface area contributed by atoms with Crippen LogP contribution in [0.15, 0.2) is 84.7 Å². The van der Waals surface area contributed by atoms with E-state index in [4.69, 9.17) is 14.7 Å². The van der Waals surface area contributed by atoms with Gasteiger partial charge in [-0.05, 0) is 72.6 Å². The first kappa shape index (κ1) is 25.7. The van der Waals surface area contributed by atoms with Crippen LogP contribution in [-0.4, -0.2) is 17.9 Å². The molecular weight excluding hydrogens is 460 g/mol. The predicted octanol–water partition coefficient (Wildman–Crippen LogP) is 6.82. The van der Waals surface area contributed by atoms with Crippen molar-refractivity contribution in [2.24, 2.45) is 0 Å². The van der Waals surface area contributed by atoms with Gasteiger partial charge in [0.2, 0.25) is 0 Å². The van der Waals surface area contributed by atoms with Crippen molar-refractivity contribution in [2.75, 3.05) is 6.61 Å². The second kappa shape index (κ2) is 12.0. The molecule has 0 saturated heterocycles. The summed E-state index contributed by atoms with van der Waals surface area (Å²) in [4.78, 5) is 16.1. The molecule has 0 atom stereocenters. The number of rotatable bonds is 10. The van der Waals surface area contributed by atoms with Gasteiger partial charge in [0.25, 0.3) is 0 Å². The Hall–Kier alpha value is -4.43. The van der Waals surface area contributed by atoms with Crippen molar-refractivity contribution >= 4 is 11.9 Å². The van der Waals surface area contributed by atoms with E-state index in [9.17, 15) is 4.79 Å². The number of hydrogen-bond donors (Lipinski definition) is 0. The molecule has 0 spiro atoms. The van der Waals surface area contributed by atoms with E-state index < -0.39 is 0 Å². The van der Waals surface area contributed by atoms with E-state index in [-0.39, 0.29) is 6.61 Å². The molecule has 0 radical (unpaired) electrons. The van der Waals surface area contributed by atoms with E-state index in [0.717, 1.165) is 70.3 Å². The predicted molar refractivity (Wildman–Crippen MR) is 146 cm³/mol. The van der Waals surface area contributed by atoms with Crippen molar-refractivity contribution < 1.29 is 14.3 Å². The average molecular weight is 491 g/mol. The first-order chi connectivity index (χ1) is 18.1. The molecule has 5 nitrogen and oxygen atoms in total. The second-order valence-corrected chi connectivity index (χ2v) is 8.91. The number of carbonyl (C=O) groups is 1. The zero-order chi connectivity index (χ0) is 26.2. The molecule has 1 aliphatic carbocycles. The number of pyridine rings is 1. The van der Waals surface area contributed by atoms with Gasteiger partial charge in [0, 0.05) is 24.0 Å². The lowest BCUT2D eigenvalue weighted by atomic mass is 9.95. The molecule has 0 saturated carbocycles. The fourth-order valence-electron chi connectivity index (χ4n) is 4.78. The number of allylic oxidation sites excluding steroid dienone is 3. The van der Waals surface area contributed by atoms with Gasteiger partial charge in [-0.2, -0.15) is 5.26 Å². The normalized spacial score (nSPS) is 13.3. The highest BCUT2D eigenvalue weighted by molar-refractivity contribution is 5.84. The number of ether oxygens (including phenoxy) is 2. The highest BCUT2D eigenvalue weighted by Crippen LogP contribution is 2.39. The van der Waals surface area contributed by atoms with Crippen LogP contribution in [-0.2, 0) is 19.4 Å². The van der Waals surface area contributed by atoms with Crippen LogP contribution in [0.1, 0.15) is 58.4 Å². The highest BCUT2D eigenvalue weighted by Gasteiger charge is 2.24. The quantitative estimate of drug-likeness (QED) is 0.230. The van der Waals surface area contributed by atoms with Crippen LogP contribution in [0.2, 0.25) is 0 Å². The van der Waals surface area contributed by atoms with Crippen molar-refractivity contribution in [1.29, 1.82) is 5.26 Å². The zero-order valence-corrected chi connectivity index (χ0v) is 21.3. The minimum absolute atomic E-state index is 0.195. The van der Waals surface area contributed by atoms with Crippen molar-refractivity contribution in [3.63, 3.8) is 0 Å². The Bertz CT molecular complexity index is 1410. The maximum Gasteiger partial charge on any atom is 0.154 e. The molecule has 186 valence electrons. The summed E-state index contributed by atoms with van der Waals surface area (Å²) in [5.74, 6) is 1.21. The van der Waals surface area contributed by atoms with Crippen LogP contribution in [0.4, 0.5) is 0 Å². The molecule has 0 fully saturated rings. The van der Waals surface area contributed by atoms with Gasteiger partial charge in [-0.1, -0.05) is 49.1 Å². The maximum absolute atomic E-state index is 12.1. The number of aldehydes is 1. The molecule has 1 aliphatic rings. The van der Waals surface area contributed by atoms with Crippen molar-refractivity contribution in [2.45, 2.75) is 39.7 Å². The number of carbonyl (C=O) groups excluding carboxylic acids is 1. The summed E-state index contributed by atoms with van der Waals surface area (Å²) in [5, 5.41) is 9.14. The summed E-state index contributed by atoms with van der Waals surface area (Å²) in [6, 6.07) is 15.9. The molecular formula is C32H30N2O3. The van der Waals surface area contributed by atoms with Gasteiger partial charge in [0.15, 0.2) is 6.29 Å². The minimum atomic E-state index is 0.195. The number of aromatic nitrogens is 1. The fraction of sp³-hybridized carbons (Fsp3) is 0.219. The lowest BCUT2D eigenvalue weighted by molar-refractivity contribution is 0.111. The molecule has 3 aromatic rings. The largest absolute Gasteiger partial charge is 0.488 e. The van der Waals surface area contributed by atoms with Crippen molar-refractivity contribution in [1.82, 2.24) is 4.98 Å². The monoisotopic (exact) mass is 490 g/mol. The van der Waals surface area contributed by atoms with Crippen LogP contribution in [0.25, 0.3) is 5.57 Å². The molecule has 5 heteroatoms. The van der Waals surface area contributed by atoms with E-state index in [2.05, 4.69) is 42.8 Å². The van der Waals surface area contributed by atoms with Crippen molar-refractivity contribution in [3.05, 3.63) is 118 Å². The number of benzene rings is 2. The molecule has 4 rings (SSSR count). The van der Waals surface area contributed by atoms with Gasteiger partial charge < -0.3 is 9.47 Å². The number of nitrogens with zero attached hydrogens (tertiary/aromatic N) is 2. The van der Waals surface area contributed by atoms with Crippen molar-refractivity contribution in [3.8, 4) is 17.6 Å².